The number of benzene rings is 1. The minimum Gasteiger partial charge on any atom is -0.497 e. The fourth-order valence-electron chi connectivity index (χ4n) is 2.67. The fourth-order valence-corrected chi connectivity index (χ4v) is 2.67. The average Bonchev–Trinajstić information content (AvgIpc) is 2.53. The molecular weight excluding hydrogens is 300 g/mol. The van der Waals surface area contributed by atoms with Crippen molar-refractivity contribution in [1.29, 1.82) is 0 Å². The fraction of sp³-hybridized carbons (Fsp3) is 0.588. The molecule has 1 aromatic carbocycles. The van der Waals surface area contributed by atoms with Gasteiger partial charge in [-0.2, -0.15) is 0 Å². The van der Waals surface area contributed by atoms with Crippen molar-refractivity contribution in [2.45, 2.75) is 32.1 Å². The minimum atomic E-state index is -0.0932. The van der Waals surface area contributed by atoms with Crippen molar-refractivity contribution in [3.05, 3.63) is 29.8 Å². The van der Waals surface area contributed by atoms with Crippen LogP contribution >= 0.6 is 12.4 Å². The van der Waals surface area contributed by atoms with Crippen LogP contribution in [-0.2, 0) is 10.2 Å². The number of nitrogens with one attached hydrogen (secondary N) is 2. The molecule has 1 aliphatic heterocycles. The zero-order valence-electron chi connectivity index (χ0n) is 13.6. The molecule has 0 radical (unpaired) electrons. The number of ether oxygens (including phenoxy) is 1. The predicted octanol–water partition coefficient (Wildman–Crippen LogP) is 2.51. The molecule has 124 valence electrons. The summed E-state index contributed by atoms with van der Waals surface area (Å²) in [7, 11) is 1.67. The zero-order chi connectivity index (χ0) is 15.3. The Bertz CT molecular complexity index is 468. The van der Waals surface area contributed by atoms with Crippen LogP contribution in [0, 0.1) is 5.92 Å². The highest BCUT2D eigenvalue weighted by Gasteiger charge is 2.25. The Morgan fingerprint density at radius 1 is 1.36 bits per heavy atom. The first-order valence-corrected chi connectivity index (χ1v) is 7.66. The maximum Gasteiger partial charge on any atom is 0.224 e. The summed E-state index contributed by atoms with van der Waals surface area (Å²) in [5, 5.41) is 6.39. The van der Waals surface area contributed by atoms with E-state index in [0.29, 0.717) is 6.54 Å². The molecule has 0 aromatic heterocycles. The predicted molar refractivity (Wildman–Crippen MR) is 91.9 cm³/mol. The monoisotopic (exact) mass is 326 g/mol. The lowest BCUT2D eigenvalue weighted by Crippen LogP contribution is -2.44. The number of piperidine rings is 1. The van der Waals surface area contributed by atoms with Gasteiger partial charge in [0.05, 0.1) is 13.0 Å². The van der Waals surface area contributed by atoms with Crippen LogP contribution in [0.1, 0.15) is 32.3 Å². The van der Waals surface area contributed by atoms with Gasteiger partial charge in [0.25, 0.3) is 0 Å². The van der Waals surface area contributed by atoms with Gasteiger partial charge >= 0.3 is 0 Å². The highest BCUT2D eigenvalue weighted by molar-refractivity contribution is 5.85. The second kappa shape index (κ2) is 8.39. The van der Waals surface area contributed by atoms with E-state index in [1.807, 2.05) is 12.1 Å². The molecule has 0 saturated carbocycles. The smallest absolute Gasteiger partial charge is 0.224 e. The number of carbonyl (C=O) groups is 1. The van der Waals surface area contributed by atoms with Crippen LogP contribution in [0.15, 0.2) is 24.3 Å². The molecule has 0 spiro atoms. The molecule has 1 aromatic rings. The van der Waals surface area contributed by atoms with Gasteiger partial charge in [0, 0.05) is 18.5 Å². The summed E-state index contributed by atoms with van der Waals surface area (Å²) in [6, 6.07) is 8.05. The quantitative estimate of drug-likeness (QED) is 0.874. The maximum absolute atomic E-state index is 12.2. The third-order valence-electron chi connectivity index (χ3n) is 4.24. The maximum atomic E-state index is 12.2. The van der Waals surface area contributed by atoms with Gasteiger partial charge in [0.2, 0.25) is 5.91 Å². The highest BCUT2D eigenvalue weighted by Crippen LogP contribution is 2.24. The lowest BCUT2D eigenvalue weighted by Gasteiger charge is -2.28. The molecule has 22 heavy (non-hydrogen) atoms. The second-order valence-corrected chi connectivity index (χ2v) is 6.37. The van der Waals surface area contributed by atoms with Crippen molar-refractivity contribution in [1.82, 2.24) is 10.6 Å². The number of hydrogen-bond acceptors (Lipinski definition) is 3. The normalized spacial score (nSPS) is 18.2. The van der Waals surface area contributed by atoms with Crippen LogP contribution in [0.3, 0.4) is 0 Å². The Hall–Kier alpha value is -1.26. The van der Waals surface area contributed by atoms with Gasteiger partial charge in [-0.3, -0.25) is 4.79 Å². The van der Waals surface area contributed by atoms with E-state index in [4.69, 9.17) is 4.74 Å². The molecule has 1 atom stereocenters. The van der Waals surface area contributed by atoms with Crippen molar-refractivity contribution in [2.24, 2.45) is 5.92 Å². The summed E-state index contributed by atoms with van der Waals surface area (Å²) in [5.74, 6) is 1.14. The SMILES string of the molecule is COc1ccc(C(C)(C)CNC(=O)C2CCCNC2)cc1.Cl. The van der Waals surface area contributed by atoms with Gasteiger partial charge in [-0.25, -0.2) is 0 Å². The van der Waals surface area contributed by atoms with E-state index in [0.717, 1.165) is 31.7 Å². The van der Waals surface area contributed by atoms with Gasteiger partial charge in [-0.05, 0) is 37.1 Å². The lowest BCUT2D eigenvalue weighted by atomic mass is 9.84. The number of methoxy groups -OCH3 is 1. The van der Waals surface area contributed by atoms with Gasteiger partial charge < -0.3 is 15.4 Å². The molecule has 1 fully saturated rings. The molecule has 5 heteroatoms. The topological polar surface area (TPSA) is 50.4 Å². The van der Waals surface area contributed by atoms with Crippen LogP contribution in [-0.4, -0.2) is 32.7 Å². The van der Waals surface area contributed by atoms with Gasteiger partial charge in [0.15, 0.2) is 0 Å². The van der Waals surface area contributed by atoms with Gasteiger partial charge in [-0.1, -0.05) is 26.0 Å². The van der Waals surface area contributed by atoms with Crippen molar-refractivity contribution in [2.75, 3.05) is 26.7 Å². The second-order valence-electron chi connectivity index (χ2n) is 6.37. The third kappa shape index (κ3) is 4.89. The van der Waals surface area contributed by atoms with Crippen molar-refractivity contribution < 1.29 is 9.53 Å². The zero-order valence-corrected chi connectivity index (χ0v) is 14.5. The molecule has 0 aliphatic carbocycles. The number of rotatable bonds is 5. The van der Waals surface area contributed by atoms with Crippen LogP contribution in [0.25, 0.3) is 0 Å². The van der Waals surface area contributed by atoms with E-state index in [-0.39, 0.29) is 29.6 Å². The number of amides is 1. The molecule has 1 heterocycles. The number of halogens is 1. The molecular formula is C17H27ClN2O2. The molecule has 4 nitrogen and oxygen atoms in total. The molecule has 1 saturated heterocycles. The molecule has 0 bridgehead atoms. The highest BCUT2D eigenvalue weighted by atomic mass is 35.5. The van der Waals surface area contributed by atoms with Crippen LogP contribution < -0.4 is 15.4 Å². The van der Waals surface area contributed by atoms with Crippen LogP contribution in [0.2, 0.25) is 0 Å². The number of hydrogen-bond donors (Lipinski definition) is 2. The Balaban J connectivity index is 0.00000242. The summed E-state index contributed by atoms with van der Waals surface area (Å²) >= 11 is 0. The standard InChI is InChI=1S/C17H26N2O2.ClH/c1-17(2,14-6-8-15(21-3)9-7-14)12-19-16(20)13-5-4-10-18-11-13;/h6-9,13,18H,4-5,10-12H2,1-3H3,(H,19,20);1H. The molecule has 2 rings (SSSR count). The first-order valence-electron chi connectivity index (χ1n) is 7.66. The first kappa shape index (κ1) is 18.8. The summed E-state index contributed by atoms with van der Waals surface area (Å²) in [4.78, 5) is 12.2. The Kier molecular flexibility index (Phi) is 7.17. The van der Waals surface area contributed by atoms with E-state index < -0.39 is 0 Å². The van der Waals surface area contributed by atoms with Gasteiger partial charge in [0.1, 0.15) is 5.75 Å². The van der Waals surface area contributed by atoms with Gasteiger partial charge in [-0.15, -0.1) is 12.4 Å². The summed E-state index contributed by atoms with van der Waals surface area (Å²) in [6.07, 6.45) is 2.07. The first-order chi connectivity index (χ1) is 10.0. The van der Waals surface area contributed by atoms with E-state index in [2.05, 4.69) is 36.6 Å². The summed E-state index contributed by atoms with van der Waals surface area (Å²) < 4.78 is 5.18. The van der Waals surface area contributed by atoms with Crippen LogP contribution in [0.4, 0.5) is 0 Å². The van der Waals surface area contributed by atoms with Crippen molar-refractivity contribution in [3.8, 4) is 5.75 Å². The number of carbonyl (C=O) groups excluding carboxylic acids is 1. The Morgan fingerprint density at radius 3 is 2.59 bits per heavy atom. The Labute approximate surface area is 139 Å². The van der Waals surface area contributed by atoms with E-state index in [9.17, 15) is 4.79 Å². The molecule has 2 N–H and O–H groups in total. The molecule has 1 aliphatic rings. The average molecular weight is 327 g/mol. The largest absolute Gasteiger partial charge is 0.497 e. The van der Waals surface area contributed by atoms with E-state index in [1.165, 1.54) is 5.56 Å². The lowest BCUT2D eigenvalue weighted by molar-refractivity contribution is -0.125. The molecule has 1 amide bonds. The van der Waals surface area contributed by atoms with Crippen molar-refractivity contribution in [3.63, 3.8) is 0 Å². The van der Waals surface area contributed by atoms with E-state index in [1.54, 1.807) is 7.11 Å². The minimum absolute atomic E-state index is 0. The van der Waals surface area contributed by atoms with Crippen molar-refractivity contribution >= 4 is 18.3 Å². The van der Waals surface area contributed by atoms with E-state index >= 15 is 0 Å². The summed E-state index contributed by atoms with van der Waals surface area (Å²) in [6.45, 7) is 6.77. The van der Waals surface area contributed by atoms with Crippen LogP contribution in [0.5, 0.6) is 5.75 Å². The molecule has 1 unspecified atom stereocenters. The summed E-state index contributed by atoms with van der Waals surface area (Å²) in [5.41, 5.74) is 1.11. The third-order valence-corrected chi connectivity index (χ3v) is 4.24. The Morgan fingerprint density at radius 2 is 2.05 bits per heavy atom.